The van der Waals surface area contributed by atoms with Gasteiger partial charge < -0.3 is 24.3 Å². The lowest BCUT2D eigenvalue weighted by Crippen LogP contribution is -2.46. The topological polar surface area (TPSA) is 73.6 Å². The monoisotopic (exact) mass is 535 g/mol. The number of morpholine rings is 1. The van der Waals surface area contributed by atoms with Crippen LogP contribution in [0.1, 0.15) is 26.0 Å². The van der Waals surface area contributed by atoms with Crippen LogP contribution in [0.25, 0.3) is 0 Å². The van der Waals surface area contributed by atoms with Crippen LogP contribution in [0.2, 0.25) is 0 Å². The van der Waals surface area contributed by atoms with Gasteiger partial charge in [-0.15, -0.1) is 24.0 Å². The molecule has 8 nitrogen and oxygen atoms in total. The Hall–Kier alpha value is -1.33. The Morgan fingerprint density at radius 1 is 1.27 bits per heavy atom. The minimum absolute atomic E-state index is 0. The fraction of sp³-hybridized carbons (Fsp3) is 0.714. The van der Waals surface area contributed by atoms with E-state index in [0.717, 1.165) is 77.0 Å². The fourth-order valence-corrected chi connectivity index (χ4v) is 3.32. The van der Waals surface area contributed by atoms with Crippen molar-refractivity contribution in [3.63, 3.8) is 0 Å². The molecule has 2 rings (SSSR count). The second kappa shape index (κ2) is 15.5. The van der Waals surface area contributed by atoms with Gasteiger partial charge in [-0.05, 0) is 32.4 Å². The first kappa shape index (κ1) is 26.7. The van der Waals surface area contributed by atoms with Gasteiger partial charge in [0.25, 0.3) is 0 Å². The molecule has 1 aliphatic heterocycles. The molecule has 0 saturated carbocycles. The summed E-state index contributed by atoms with van der Waals surface area (Å²) in [7, 11) is 1.92. The third kappa shape index (κ3) is 9.65. The minimum atomic E-state index is 0. The average molecular weight is 535 g/mol. The van der Waals surface area contributed by atoms with Crippen molar-refractivity contribution in [2.45, 2.75) is 26.7 Å². The van der Waals surface area contributed by atoms with E-state index in [1.165, 1.54) is 0 Å². The molecule has 0 atom stereocenters. The molecule has 0 radical (unpaired) electrons. The zero-order valence-corrected chi connectivity index (χ0v) is 21.0. The van der Waals surface area contributed by atoms with Gasteiger partial charge in [0.15, 0.2) is 5.96 Å². The van der Waals surface area contributed by atoms with Crippen LogP contribution in [-0.2, 0) is 16.0 Å². The van der Waals surface area contributed by atoms with E-state index in [1.54, 1.807) is 6.26 Å². The summed E-state index contributed by atoms with van der Waals surface area (Å²) in [5.41, 5.74) is 0. The van der Waals surface area contributed by atoms with Crippen molar-refractivity contribution in [3.8, 4) is 0 Å². The second-order valence-corrected chi connectivity index (χ2v) is 7.19. The highest BCUT2D eigenvalue weighted by Crippen LogP contribution is 2.01. The molecule has 0 bridgehead atoms. The lowest BCUT2D eigenvalue weighted by Gasteiger charge is -2.27. The highest BCUT2D eigenvalue weighted by molar-refractivity contribution is 14.0. The van der Waals surface area contributed by atoms with Crippen LogP contribution in [0.15, 0.2) is 27.8 Å². The van der Waals surface area contributed by atoms with Gasteiger partial charge in [0, 0.05) is 59.3 Å². The molecule has 0 unspecified atom stereocenters. The molecule has 1 aliphatic rings. The largest absolute Gasteiger partial charge is 0.469 e. The van der Waals surface area contributed by atoms with Crippen molar-refractivity contribution in [1.82, 2.24) is 20.0 Å². The first-order chi connectivity index (χ1) is 14.1. The van der Waals surface area contributed by atoms with E-state index in [0.29, 0.717) is 13.1 Å². The molecular formula is C21H38IN5O3. The summed E-state index contributed by atoms with van der Waals surface area (Å²) >= 11 is 0. The number of rotatable bonds is 11. The number of carbonyl (C=O) groups excluding carboxylic acids is 1. The summed E-state index contributed by atoms with van der Waals surface area (Å²) in [6, 6.07) is 3.86. The average Bonchev–Trinajstić information content (AvgIpc) is 3.25. The summed E-state index contributed by atoms with van der Waals surface area (Å²) in [4.78, 5) is 23.4. The van der Waals surface area contributed by atoms with Crippen LogP contribution in [-0.4, -0.2) is 99.2 Å². The van der Waals surface area contributed by atoms with Gasteiger partial charge in [-0.1, -0.05) is 0 Å². The van der Waals surface area contributed by atoms with E-state index in [2.05, 4.69) is 10.2 Å². The summed E-state index contributed by atoms with van der Waals surface area (Å²) < 4.78 is 10.8. The van der Waals surface area contributed by atoms with Gasteiger partial charge in [0.2, 0.25) is 5.91 Å². The molecule has 0 aromatic carbocycles. The Kier molecular flexibility index (Phi) is 13.8. The Bertz CT molecular complexity index is 602. The van der Waals surface area contributed by atoms with Gasteiger partial charge >= 0.3 is 0 Å². The van der Waals surface area contributed by atoms with E-state index in [-0.39, 0.29) is 29.9 Å². The maximum atomic E-state index is 12.5. The molecule has 1 N–H and O–H groups in total. The number of amides is 1. The summed E-state index contributed by atoms with van der Waals surface area (Å²) in [5, 5.41) is 3.39. The molecule has 2 heterocycles. The van der Waals surface area contributed by atoms with Gasteiger partial charge in [0.05, 0.1) is 26.0 Å². The van der Waals surface area contributed by atoms with Crippen LogP contribution in [0.5, 0.6) is 0 Å². The quantitative estimate of drug-likeness (QED) is 0.202. The molecule has 1 fully saturated rings. The Morgan fingerprint density at radius 2 is 2.00 bits per heavy atom. The highest BCUT2D eigenvalue weighted by atomic mass is 127. The standard InChI is InChI=1S/C21H37N5O3.HI/c1-4-26(5-2)20(27)18-24(3)21(23-11-9-19-8-6-15-29-19)22-10-7-12-25-13-16-28-17-14-25;/h6,8,15H,4-5,7,9-14,16-18H2,1-3H3,(H,22,23);1H. The zero-order chi connectivity index (χ0) is 20.9. The minimum Gasteiger partial charge on any atom is -0.469 e. The van der Waals surface area contributed by atoms with Gasteiger partial charge in [-0.25, -0.2) is 0 Å². The van der Waals surface area contributed by atoms with Crippen molar-refractivity contribution < 1.29 is 13.9 Å². The van der Waals surface area contributed by atoms with E-state index < -0.39 is 0 Å². The van der Waals surface area contributed by atoms with E-state index in [9.17, 15) is 4.79 Å². The third-order valence-electron chi connectivity index (χ3n) is 5.08. The van der Waals surface area contributed by atoms with E-state index in [1.807, 2.05) is 42.8 Å². The Labute approximate surface area is 198 Å². The Balaban J connectivity index is 0.00000450. The third-order valence-corrected chi connectivity index (χ3v) is 5.08. The van der Waals surface area contributed by atoms with Gasteiger partial charge in [-0.2, -0.15) is 0 Å². The molecule has 9 heteroatoms. The lowest BCUT2D eigenvalue weighted by molar-refractivity contribution is -0.131. The SMILES string of the molecule is CCN(CC)C(=O)CN(C)C(=NCCCN1CCOCC1)NCCc1ccco1.I. The predicted octanol–water partition coefficient (Wildman–Crippen LogP) is 1.91. The normalized spacial score (nSPS) is 14.8. The highest BCUT2D eigenvalue weighted by Gasteiger charge is 2.15. The number of aliphatic imine (C=N–C) groups is 1. The van der Waals surface area contributed by atoms with Crippen molar-refractivity contribution in [3.05, 3.63) is 24.2 Å². The van der Waals surface area contributed by atoms with Crippen molar-refractivity contribution >= 4 is 35.8 Å². The first-order valence-electron chi connectivity index (χ1n) is 10.7. The summed E-state index contributed by atoms with van der Waals surface area (Å²) in [6.07, 6.45) is 3.45. The number of nitrogens with zero attached hydrogens (tertiary/aromatic N) is 4. The molecule has 172 valence electrons. The lowest BCUT2D eigenvalue weighted by atomic mass is 10.3. The molecule has 1 aromatic heterocycles. The van der Waals surface area contributed by atoms with Crippen LogP contribution in [0.3, 0.4) is 0 Å². The smallest absolute Gasteiger partial charge is 0.242 e. The van der Waals surface area contributed by atoms with Gasteiger partial charge in [0.1, 0.15) is 5.76 Å². The van der Waals surface area contributed by atoms with Crippen LogP contribution in [0.4, 0.5) is 0 Å². The van der Waals surface area contributed by atoms with E-state index >= 15 is 0 Å². The Morgan fingerprint density at radius 3 is 2.63 bits per heavy atom. The maximum absolute atomic E-state index is 12.5. The van der Waals surface area contributed by atoms with Crippen LogP contribution >= 0.6 is 24.0 Å². The fourth-order valence-electron chi connectivity index (χ4n) is 3.32. The van der Waals surface area contributed by atoms with E-state index in [4.69, 9.17) is 14.1 Å². The summed E-state index contributed by atoms with van der Waals surface area (Å²) in [5.74, 6) is 1.82. The number of hydrogen-bond acceptors (Lipinski definition) is 5. The second-order valence-electron chi connectivity index (χ2n) is 7.19. The number of furan rings is 1. The number of ether oxygens (including phenoxy) is 1. The number of hydrogen-bond donors (Lipinski definition) is 1. The number of halogens is 1. The van der Waals surface area contributed by atoms with Crippen LogP contribution in [0, 0.1) is 0 Å². The molecule has 1 aromatic rings. The van der Waals surface area contributed by atoms with Gasteiger partial charge in [-0.3, -0.25) is 14.7 Å². The van der Waals surface area contributed by atoms with Crippen LogP contribution < -0.4 is 5.32 Å². The number of nitrogens with one attached hydrogen (secondary N) is 1. The predicted molar refractivity (Wildman–Crippen MR) is 131 cm³/mol. The van der Waals surface area contributed by atoms with Crippen molar-refractivity contribution in [1.29, 1.82) is 0 Å². The molecule has 0 spiro atoms. The molecule has 30 heavy (non-hydrogen) atoms. The number of guanidine groups is 1. The molecule has 1 saturated heterocycles. The molecule has 0 aliphatic carbocycles. The maximum Gasteiger partial charge on any atom is 0.242 e. The number of carbonyl (C=O) groups is 1. The van der Waals surface area contributed by atoms with Crippen molar-refractivity contribution in [2.75, 3.05) is 72.6 Å². The number of likely N-dealkylation sites (N-methyl/N-ethyl adjacent to an activating group) is 2. The van der Waals surface area contributed by atoms with Crippen molar-refractivity contribution in [2.24, 2.45) is 4.99 Å². The summed E-state index contributed by atoms with van der Waals surface area (Å²) in [6.45, 7) is 11.9. The molecule has 1 amide bonds. The first-order valence-corrected chi connectivity index (χ1v) is 10.7. The molecular weight excluding hydrogens is 497 g/mol. The zero-order valence-electron chi connectivity index (χ0n) is 18.6.